The summed E-state index contributed by atoms with van der Waals surface area (Å²) in [5, 5.41) is 3.83. The van der Waals surface area contributed by atoms with Crippen molar-refractivity contribution in [1.82, 2.24) is 10.2 Å². The topological polar surface area (TPSA) is 15.3 Å². The minimum atomic E-state index is 0.718. The van der Waals surface area contributed by atoms with Gasteiger partial charge in [0.05, 0.1) is 0 Å². The molecular weight excluding hydrogens is 232 g/mol. The Labute approximate surface area is 117 Å². The molecule has 2 heteroatoms. The summed E-state index contributed by atoms with van der Waals surface area (Å²) in [5.74, 6) is 0.812. The first-order chi connectivity index (χ1) is 9.33. The number of likely N-dealkylation sites (N-methyl/N-ethyl adjacent to an activating group) is 1. The van der Waals surface area contributed by atoms with Crippen molar-refractivity contribution in [2.45, 2.75) is 44.7 Å². The quantitative estimate of drug-likeness (QED) is 0.873. The van der Waals surface area contributed by atoms with Crippen LogP contribution in [0.15, 0.2) is 30.3 Å². The SMILES string of the molecule is CCN1CC(Cc2ccccc2)CC(NC2CC2)C1. The minimum Gasteiger partial charge on any atom is -0.310 e. The van der Waals surface area contributed by atoms with Crippen molar-refractivity contribution >= 4 is 0 Å². The molecule has 1 N–H and O–H groups in total. The summed E-state index contributed by atoms with van der Waals surface area (Å²) in [5.41, 5.74) is 1.50. The molecule has 3 rings (SSSR count). The van der Waals surface area contributed by atoms with Crippen LogP contribution in [0.2, 0.25) is 0 Å². The van der Waals surface area contributed by atoms with Crippen molar-refractivity contribution in [2.75, 3.05) is 19.6 Å². The van der Waals surface area contributed by atoms with Gasteiger partial charge in [-0.3, -0.25) is 0 Å². The van der Waals surface area contributed by atoms with Crippen LogP contribution in [0.1, 0.15) is 31.7 Å². The fourth-order valence-electron chi connectivity index (χ4n) is 3.36. The number of rotatable bonds is 5. The summed E-state index contributed by atoms with van der Waals surface area (Å²) in [6.45, 7) is 6.00. The van der Waals surface area contributed by atoms with Crippen LogP contribution in [0, 0.1) is 5.92 Å². The molecule has 0 aromatic heterocycles. The van der Waals surface area contributed by atoms with Crippen molar-refractivity contribution in [3.8, 4) is 0 Å². The van der Waals surface area contributed by atoms with Gasteiger partial charge in [-0.2, -0.15) is 0 Å². The lowest BCUT2D eigenvalue weighted by Gasteiger charge is -2.38. The predicted octanol–water partition coefficient (Wildman–Crippen LogP) is 2.69. The highest BCUT2D eigenvalue weighted by molar-refractivity contribution is 5.15. The maximum atomic E-state index is 3.83. The van der Waals surface area contributed by atoms with Crippen LogP contribution in [0.5, 0.6) is 0 Å². The van der Waals surface area contributed by atoms with Crippen LogP contribution in [-0.4, -0.2) is 36.6 Å². The van der Waals surface area contributed by atoms with Crippen molar-refractivity contribution < 1.29 is 0 Å². The standard InChI is InChI=1S/C17H26N2/c1-2-19-12-15(10-14-6-4-3-5-7-14)11-17(13-19)18-16-8-9-16/h3-7,15-18H,2,8-13H2,1H3. The predicted molar refractivity (Wildman–Crippen MR) is 80.3 cm³/mol. The normalized spacial score (nSPS) is 28.5. The Morgan fingerprint density at radius 2 is 1.89 bits per heavy atom. The molecule has 0 bridgehead atoms. The number of hydrogen-bond acceptors (Lipinski definition) is 2. The third-order valence-electron chi connectivity index (χ3n) is 4.48. The second-order valence-electron chi connectivity index (χ2n) is 6.28. The third kappa shape index (κ3) is 3.80. The lowest BCUT2D eigenvalue weighted by atomic mass is 9.88. The minimum absolute atomic E-state index is 0.718. The molecule has 0 spiro atoms. The van der Waals surface area contributed by atoms with Gasteiger partial charge in [0, 0.05) is 25.2 Å². The number of nitrogens with one attached hydrogen (secondary N) is 1. The fourth-order valence-corrected chi connectivity index (χ4v) is 3.36. The zero-order valence-electron chi connectivity index (χ0n) is 12.0. The van der Waals surface area contributed by atoms with Crippen LogP contribution in [0.4, 0.5) is 0 Å². The lowest BCUT2D eigenvalue weighted by molar-refractivity contribution is 0.146. The van der Waals surface area contributed by atoms with E-state index in [4.69, 9.17) is 0 Å². The van der Waals surface area contributed by atoms with Gasteiger partial charge in [0.15, 0.2) is 0 Å². The highest BCUT2D eigenvalue weighted by Gasteiger charge is 2.30. The van der Waals surface area contributed by atoms with Crippen LogP contribution in [0.3, 0.4) is 0 Å². The molecule has 1 aromatic rings. The summed E-state index contributed by atoms with van der Waals surface area (Å²) < 4.78 is 0. The molecule has 2 atom stereocenters. The van der Waals surface area contributed by atoms with Crippen LogP contribution < -0.4 is 5.32 Å². The van der Waals surface area contributed by atoms with Gasteiger partial charge in [0.1, 0.15) is 0 Å². The molecule has 2 aliphatic rings. The van der Waals surface area contributed by atoms with Gasteiger partial charge in [-0.1, -0.05) is 37.3 Å². The number of likely N-dealkylation sites (tertiary alicyclic amines) is 1. The molecule has 1 aliphatic heterocycles. The van der Waals surface area contributed by atoms with Gasteiger partial charge >= 0.3 is 0 Å². The van der Waals surface area contributed by atoms with E-state index >= 15 is 0 Å². The van der Waals surface area contributed by atoms with E-state index in [9.17, 15) is 0 Å². The van der Waals surface area contributed by atoms with Crippen LogP contribution >= 0.6 is 0 Å². The highest BCUT2D eigenvalue weighted by atomic mass is 15.2. The molecule has 2 fully saturated rings. The molecule has 1 saturated carbocycles. The van der Waals surface area contributed by atoms with E-state index in [1.807, 2.05) is 0 Å². The van der Waals surface area contributed by atoms with Crippen molar-refractivity contribution in [3.05, 3.63) is 35.9 Å². The Bertz CT molecular complexity index is 386. The summed E-state index contributed by atoms with van der Waals surface area (Å²) in [6.07, 6.45) is 5.38. The monoisotopic (exact) mass is 258 g/mol. The number of benzene rings is 1. The zero-order valence-corrected chi connectivity index (χ0v) is 12.0. The summed E-state index contributed by atoms with van der Waals surface area (Å²) >= 11 is 0. The van der Waals surface area contributed by atoms with Crippen molar-refractivity contribution in [2.24, 2.45) is 5.92 Å². The van der Waals surface area contributed by atoms with E-state index in [0.717, 1.165) is 18.0 Å². The second kappa shape index (κ2) is 6.06. The molecule has 2 unspecified atom stereocenters. The van der Waals surface area contributed by atoms with Gasteiger partial charge < -0.3 is 10.2 Å². The van der Waals surface area contributed by atoms with Gasteiger partial charge in [0.2, 0.25) is 0 Å². The zero-order chi connectivity index (χ0) is 13.1. The molecule has 19 heavy (non-hydrogen) atoms. The highest BCUT2D eigenvalue weighted by Crippen LogP contribution is 2.25. The number of nitrogens with zero attached hydrogens (tertiary/aromatic N) is 1. The Morgan fingerprint density at radius 1 is 1.11 bits per heavy atom. The maximum absolute atomic E-state index is 3.83. The second-order valence-corrected chi connectivity index (χ2v) is 6.28. The van der Waals surface area contributed by atoms with E-state index in [0.29, 0.717) is 0 Å². The molecule has 1 saturated heterocycles. The van der Waals surface area contributed by atoms with Crippen LogP contribution in [0.25, 0.3) is 0 Å². The Morgan fingerprint density at radius 3 is 2.58 bits per heavy atom. The molecule has 1 aliphatic carbocycles. The van der Waals surface area contributed by atoms with Crippen molar-refractivity contribution in [3.63, 3.8) is 0 Å². The first-order valence-corrected chi connectivity index (χ1v) is 7.86. The van der Waals surface area contributed by atoms with Gasteiger partial charge in [-0.05, 0) is 43.7 Å². The third-order valence-corrected chi connectivity index (χ3v) is 4.48. The fraction of sp³-hybridized carbons (Fsp3) is 0.647. The Hall–Kier alpha value is -0.860. The molecule has 0 amide bonds. The number of hydrogen-bond donors (Lipinski definition) is 1. The molecule has 1 aromatic carbocycles. The first kappa shape index (κ1) is 13.1. The Kier molecular flexibility index (Phi) is 4.19. The smallest absolute Gasteiger partial charge is 0.0200 e. The largest absolute Gasteiger partial charge is 0.310 e. The van der Waals surface area contributed by atoms with Gasteiger partial charge in [0.25, 0.3) is 0 Å². The number of piperidine rings is 1. The average molecular weight is 258 g/mol. The van der Waals surface area contributed by atoms with E-state index in [1.54, 1.807) is 0 Å². The van der Waals surface area contributed by atoms with Crippen LogP contribution in [-0.2, 0) is 6.42 Å². The molecule has 0 radical (unpaired) electrons. The maximum Gasteiger partial charge on any atom is 0.0200 e. The average Bonchev–Trinajstić information content (AvgIpc) is 3.23. The lowest BCUT2D eigenvalue weighted by Crippen LogP contribution is -2.50. The molecular formula is C17H26N2. The van der Waals surface area contributed by atoms with Gasteiger partial charge in [-0.15, -0.1) is 0 Å². The van der Waals surface area contributed by atoms with E-state index in [1.165, 1.54) is 50.9 Å². The van der Waals surface area contributed by atoms with Crippen molar-refractivity contribution in [1.29, 1.82) is 0 Å². The summed E-state index contributed by atoms with van der Waals surface area (Å²) in [6, 6.07) is 12.5. The van der Waals surface area contributed by atoms with E-state index in [2.05, 4.69) is 47.5 Å². The molecule has 104 valence electrons. The summed E-state index contributed by atoms with van der Waals surface area (Å²) in [7, 11) is 0. The first-order valence-electron chi connectivity index (χ1n) is 7.86. The van der Waals surface area contributed by atoms with E-state index in [-0.39, 0.29) is 0 Å². The summed E-state index contributed by atoms with van der Waals surface area (Å²) in [4.78, 5) is 2.62. The Balaban J connectivity index is 1.59. The van der Waals surface area contributed by atoms with E-state index < -0.39 is 0 Å². The molecule has 2 nitrogen and oxygen atoms in total. The molecule has 1 heterocycles. The van der Waals surface area contributed by atoms with Gasteiger partial charge in [-0.25, -0.2) is 0 Å².